The molecule has 0 bridgehead atoms. The molecule has 0 amide bonds. The lowest BCUT2D eigenvalue weighted by molar-refractivity contribution is -0.166. The van der Waals surface area contributed by atoms with E-state index in [2.05, 4.69) is 0 Å². The van der Waals surface area contributed by atoms with E-state index in [0.29, 0.717) is 5.92 Å². The maximum absolute atomic E-state index is 12.0. The lowest BCUT2D eigenvalue weighted by Crippen LogP contribution is -2.45. The number of nitrogens with two attached hydrogens (primary N) is 1. The SMILES string of the molecule is NC1C=C[C@H](CO)C1.O=C(O[C@H](C(=O)O)[C@H](OC(=O)c1ccccc1)C(=O)O)c1ccccc1. The molecule has 2 aromatic carbocycles. The molecular weight excluding hydrogens is 446 g/mol. The van der Waals surface area contributed by atoms with Gasteiger partial charge in [0.25, 0.3) is 0 Å². The number of benzene rings is 2. The highest BCUT2D eigenvalue weighted by Gasteiger charge is 2.41. The van der Waals surface area contributed by atoms with Crippen LogP contribution in [0.2, 0.25) is 0 Å². The fraction of sp³-hybridized carbons (Fsp3) is 0.250. The van der Waals surface area contributed by atoms with Crippen molar-refractivity contribution in [1.82, 2.24) is 0 Å². The van der Waals surface area contributed by atoms with Crippen molar-refractivity contribution in [2.45, 2.75) is 24.7 Å². The molecule has 2 aromatic rings. The van der Waals surface area contributed by atoms with E-state index in [1.807, 2.05) is 12.2 Å². The predicted molar refractivity (Wildman–Crippen MR) is 119 cm³/mol. The summed E-state index contributed by atoms with van der Waals surface area (Å²) in [6, 6.07) is 15.0. The molecule has 180 valence electrons. The van der Waals surface area contributed by atoms with Gasteiger partial charge in [0.2, 0.25) is 12.2 Å². The van der Waals surface area contributed by atoms with Crippen molar-refractivity contribution in [1.29, 1.82) is 0 Å². The molecule has 0 spiro atoms. The van der Waals surface area contributed by atoms with Gasteiger partial charge in [0, 0.05) is 18.6 Å². The summed E-state index contributed by atoms with van der Waals surface area (Å²) >= 11 is 0. The topological polar surface area (TPSA) is 173 Å². The minimum Gasteiger partial charge on any atom is -0.478 e. The van der Waals surface area contributed by atoms with Gasteiger partial charge in [0.1, 0.15) is 0 Å². The van der Waals surface area contributed by atoms with Crippen molar-refractivity contribution in [2.24, 2.45) is 11.7 Å². The van der Waals surface area contributed by atoms with Crippen LogP contribution in [0.15, 0.2) is 72.8 Å². The van der Waals surface area contributed by atoms with Crippen LogP contribution in [0, 0.1) is 5.92 Å². The van der Waals surface area contributed by atoms with Gasteiger partial charge in [0.15, 0.2) is 0 Å². The molecule has 0 radical (unpaired) electrons. The molecule has 4 atom stereocenters. The molecule has 3 rings (SSSR count). The maximum atomic E-state index is 12.0. The minimum absolute atomic E-state index is 0.0253. The third-order valence-electron chi connectivity index (χ3n) is 4.69. The van der Waals surface area contributed by atoms with E-state index in [-0.39, 0.29) is 23.8 Å². The van der Waals surface area contributed by atoms with E-state index in [4.69, 9.17) is 20.3 Å². The van der Waals surface area contributed by atoms with E-state index < -0.39 is 36.1 Å². The molecule has 1 aliphatic carbocycles. The van der Waals surface area contributed by atoms with Crippen LogP contribution < -0.4 is 5.73 Å². The zero-order chi connectivity index (χ0) is 25.1. The van der Waals surface area contributed by atoms with Crippen molar-refractivity contribution in [3.8, 4) is 0 Å². The molecule has 0 fully saturated rings. The average Bonchev–Trinajstić information content (AvgIpc) is 3.27. The number of carbonyl (C=O) groups is 4. The molecule has 10 heteroatoms. The third kappa shape index (κ3) is 7.84. The number of ether oxygens (including phenoxy) is 2. The highest BCUT2D eigenvalue weighted by molar-refractivity contribution is 5.95. The first-order valence-corrected chi connectivity index (χ1v) is 10.2. The summed E-state index contributed by atoms with van der Waals surface area (Å²) in [4.78, 5) is 46.8. The van der Waals surface area contributed by atoms with Crippen LogP contribution in [0.25, 0.3) is 0 Å². The van der Waals surface area contributed by atoms with E-state index >= 15 is 0 Å². The summed E-state index contributed by atoms with van der Waals surface area (Å²) in [6.45, 7) is 0.240. The molecule has 0 aromatic heterocycles. The molecule has 0 aliphatic heterocycles. The molecule has 34 heavy (non-hydrogen) atoms. The lowest BCUT2D eigenvalue weighted by atomic mass is 10.1. The van der Waals surface area contributed by atoms with Crippen LogP contribution in [-0.2, 0) is 19.1 Å². The Labute approximate surface area is 195 Å². The number of hydrogen-bond acceptors (Lipinski definition) is 8. The fourth-order valence-electron chi connectivity index (χ4n) is 2.94. The first kappa shape index (κ1) is 26.2. The molecule has 5 N–H and O–H groups in total. The summed E-state index contributed by atoms with van der Waals surface area (Å²) in [5.74, 6) is -5.31. The average molecular weight is 471 g/mol. The highest BCUT2D eigenvalue weighted by atomic mass is 16.6. The summed E-state index contributed by atoms with van der Waals surface area (Å²) in [7, 11) is 0. The van der Waals surface area contributed by atoms with Crippen LogP contribution >= 0.6 is 0 Å². The molecule has 1 aliphatic rings. The molecule has 0 saturated carbocycles. The van der Waals surface area contributed by atoms with Crippen molar-refractivity contribution in [2.75, 3.05) is 6.61 Å². The normalized spacial score (nSPS) is 18.1. The fourth-order valence-corrected chi connectivity index (χ4v) is 2.94. The Balaban J connectivity index is 0.000000430. The third-order valence-corrected chi connectivity index (χ3v) is 4.69. The summed E-state index contributed by atoms with van der Waals surface area (Å²) in [5.41, 5.74) is 5.55. The van der Waals surface area contributed by atoms with Gasteiger partial charge in [-0.1, -0.05) is 48.6 Å². The number of rotatable bonds is 8. The van der Waals surface area contributed by atoms with Crippen molar-refractivity contribution in [3.63, 3.8) is 0 Å². The molecule has 0 saturated heterocycles. The quantitative estimate of drug-likeness (QED) is 0.326. The number of carboxylic acid groups (broad SMARTS) is 2. The second kappa shape index (κ2) is 12.9. The number of aliphatic hydroxyl groups excluding tert-OH is 1. The molecular formula is C24H25NO9. The Morgan fingerprint density at radius 2 is 1.21 bits per heavy atom. The van der Waals surface area contributed by atoms with Crippen LogP contribution in [0.5, 0.6) is 0 Å². The largest absolute Gasteiger partial charge is 0.478 e. The van der Waals surface area contributed by atoms with Crippen molar-refractivity contribution >= 4 is 23.9 Å². The number of carboxylic acids is 2. The van der Waals surface area contributed by atoms with Crippen LogP contribution in [0.1, 0.15) is 27.1 Å². The first-order chi connectivity index (χ1) is 16.2. The smallest absolute Gasteiger partial charge is 0.349 e. The Bertz CT molecular complexity index is 938. The van der Waals surface area contributed by atoms with Gasteiger partial charge in [-0.2, -0.15) is 0 Å². The van der Waals surface area contributed by atoms with Crippen LogP contribution in [0.4, 0.5) is 0 Å². The monoisotopic (exact) mass is 471 g/mol. The Hall–Kier alpha value is -4.02. The maximum Gasteiger partial charge on any atom is 0.349 e. The van der Waals surface area contributed by atoms with Gasteiger partial charge < -0.3 is 30.5 Å². The zero-order valence-electron chi connectivity index (χ0n) is 18.0. The number of carbonyl (C=O) groups excluding carboxylic acids is 2. The van der Waals surface area contributed by atoms with Gasteiger partial charge in [0.05, 0.1) is 11.1 Å². The van der Waals surface area contributed by atoms with Crippen LogP contribution in [0.3, 0.4) is 0 Å². The first-order valence-electron chi connectivity index (χ1n) is 10.2. The number of aliphatic hydroxyl groups is 1. The summed E-state index contributed by atoms with van der Waals surface area (Å²) < 4.78 is 9.52. The minimum atomic E-state index is -2.21. The summed E-state index contributed by atoms with van der Waals surface area (Å²) in [6.07, 6.45) is 0.405. The number of aliphatic carboxylic acids is 2. The Morgan fingerprint density at radius 1 is 0.794 bits per heavy atom. The van der Waals surface area contributed by atoms with Crippen molar-refractivity contribution < 1.29 is 44.0 Å². The van der Waals surface area contributed by atoms with Crippen molar-refractivity contribution in [3.05, 3.63) is 83.9 Å². The summed E-state index contributed by atoms with van der Waals surface area (Å²) in [5, 5.41) is 27.1. The molecule has 0 heterocycles. The molecule has 1 unspecified atom stereocenters. The predicted octanol–water partition coefficient (Wildman–Crippen LogP) is 1.49. The van der Waals surface area contributed by atoms with Gasteiger partial charge in [-0.15, -0.1) is 0 Å². The Kier molecular flexibility index (Phi) is 9.93. The second-order valence-corrected chi connectivity index (χ2v) is 7.29. The standard InChI is InChI=1S/C18H14O8.C6H11NO/c19-15(20)13(25-17(23)11-7-3-1-4-8-11)14(16(21)22)26-18(24)12-9-5-2-6-10-12;7-6-2-1-5(3-6)4-8/h1-10,13-14H,(H,19,20)(H,21,22);1-2,5-6,8H,3-4,7H2/t13-,14-;5-,6?/m00/s1. The van der Waals surface area contributed by atoms with Crippen LogP contribution in [-0.4, -0.2) is 64.1 Å². The van der Waals surface area contributed by atoms with E-state index in [0.717, 1.165) is 6.42 Å². The number of hydrogen-bond donors (Lipinski definition) is 4. The second-order valence-electron chi connectivity index (χ2n) is 7.29. The van der Waals surface area contributed by atoms with Gasteiger partial charge in [-0.05, 0) is 30.7 Å². The Morgan fingerprint density at radius 3 is 1.47 bits per heavy atom. The molecule has 10 nitrogen and oxygen atoms in total. The van der Waals surface area contributed by atoms with E-state index in [9.17, 15) is 29.4 Å². The van der Waals surface area contributed by atoms with Gasteiger partial charge >= 0.3 is 23.9 Å². The highest BCUT2D eigenvalue weighted by Crippen LogP contribution is 2.15. The van der Waals surface area contributed by atoms with Gasteiger partial charge in [-0.25, -0.2) is 19.2 Å². The van der Waals surface area contributed by atoms with E-state index in [1.54, 1.807) is 12.1 Å². The lowest BCUT2D eigenvalue weighted by Gasteiger charge is -2.21. The van der Waals surface area contributed by atoms with Gasteiger partial charge in [-0.3, -0.25) is 0 Å². The van der Waals surface area contributed by atoms with E-state index in [1.165, 1.54) is 48.5 Å². The zero-order valence-corrected chi connectivity index (χ0v) is 18.0. The number of esters is 2.